The molecule has 1 saturated carbocycles. The Balaban J connectivity index is 1.39. The Hall–Kier alpha value is -2.87. The Bertz CT molecular complexity index is 1120. The number of unbranched alkanes of at least 4 members (excludes halogenated alkanes) is 1. The second-order valence-electron chi connectivity index (χ2n) is 11.4. The van der Waals surface area contributed by atoms with Crippen molar-refractivity contribution in [2.45, 2.75) is 96.8 Å². The van der Waals surface area contributed by atoms with E-state index >= 15 is 0 Å². The SMILES string of the molecule is CCCCC(CCCc1ccc(-c2ccccc2-c2ccc([C@H]3CC[C@H](CCC)CC3)cc2)cc1)C(=O)O. The number of hydrogen-bond donors (Lipinski definition) is 1. The Labute approximate surface area is 230 Å². The molecule has 0 saturated heterocycles. The van der Waals surface area contributed by atoms with Crippen LogP contribution in [0.4, 0.5) is 0 Å². The maximum Gasteiger partial charge on any atom is 0.306 e. The lowest BCUT2D eigenvalue weighted by Gasteiger charge is -2.28. The van der Waals surface area contributed by atoms with Crippen LogP contribution in [0, 0.1) is 11.8 Å². The summed E-state index contributed by atoms with van der Waals surface area (Å²) in [4.78, 5) is 11.5. The second kappa shape index (κ2) is 14.3. The highest BCUT2D eigenvalue weighted by Crippen LogP contribution is 2.39. The van der Waals surface area contributed by atoms with Crippen molar-refractivity contribution in [3.63, 3.8) is 0 Å². The van der Waals surface area contributed by atoms with E-state index in [-0.39, 0.29) is 5.92 Å². The molecule has 0 bridgehead atoms. The fourth-order valence-corrected chi connectivity index (χ4v) is 6.36. The first-order valence-corrected chi connectivity index (χ1v) is 15.1. The van der Waals surface area contributed by atoms with Gasteiger partial charge in [0.25, 0.3) is 0 Å². The zero-order chi connectivity index (χ0) is 26.7. The van der Waals surface area contributed by atoms with Crippen molar-refractivity contribution >= 4 is 5.97 Å². The van der Waals surface area contributed by atoms with Crippen LogP contribution in [0.2, 0.25) is 0 Å². The zero-order valence-electron chi connectivity index (χ0n) is 23.5. The first kappa shape index (κ1) is 28.1. The highest BCUT2D eigenvalue weighted by molar-refractivity contribution is 5.83. The van der Waals surface area contributed by atoms with Crippen LogP contribution in [0.1, 0.15) is 102 Å². The highest BCUT2D eigenvalue weighted by atomic mass is 16.4. The highest BCUT2D eigenvalue weighted by Gasteiger charge is 2.22. The predicted molar refractivity (Wildman–Crippen MR) is 161 cm³/mol. The van der Waals surface area contributed by atoms with Gasteiger partial charge in [-0.2, -0.15) is 0 Å². The van der Waals surface area contributed by atoms with Gasteiger partial charge in [-0.05, 0) is 96.6 Å². The quantitative estimate of drug-likeness (QED) is 0.248. The normalized spacial score (nSPS) is 18.3. The number of carboxylic acid groups (broad SMARTS) is 1. The fraction of sp³-hybridized carbons (Fsp3) is 0.472. The Morgan fingerprint density at radius 3 is 1.89 bits per heavy atom. The number of aryl methyl sites for hydroxylation is 1. The minimum Gasteiger partial charge on any atom is -0.481 e. The summed E-state index contributed by atoms with van der Waals surface area (Å²) in [5.41, 5.74) is 7.83. The third-order valence-corrected chi connectivity index (χ3v) is 8.70. The number of hydrogen-bond acceptors (Lipinski definition) is 1. The Kier molecular flexibility index (Phi) is 10.6. The maximum atomic E-state index is 11.5. The van der Waals surface area contributed by atoms with E-state index in [4.69, 9.17) is 0 Å². The second-order valence-corrected chi connectivity index (χ2v) is 11.4. The number of aliphatic carboxylic acids is 1. The number of rotatable bonds is 13. The van der Waals surface area contributed by atoms with E-state index in [1.807, 2.05) is 0 Å². The van der Waals surface area contributed by atoms with Crippen LogP contribution in [-0.4, -0.2) is 11.1 Å². The molecule has 1 atom stereocenters. The van der Waals surface area contributed by atoms with E-state index in [0.29, 0.717) is 0 Å². The van der Waals surface area contributed by atoms with Crippen LogP contribution in [0.3, 0.4) is 0 Å². The molecular weight excluding hydrogens is 464 g/mol. The van der Waals surface area contributed by atoms with Gasteiger partial charge in [0.2, 0.25) is 0 Å². The molecule has 1 N–H and O–H groups in total. The van der Waals surface area contributed by atoms with Crippen molar-refractivity contribution in [2.24, 2.45) is 11.8 Å². The molecule has 2 heteroatoms. The van der Waals surface area contributed by atoms with Crippen molar-refractivity contribution in [1.82, 2.24) is 0 Å². The number of carbonyl (C=O) groups is 1. The summed E-state index contributed by atoms with van der Waals surface area (Å²) in [6, 6.07) is 27.0. The lowest BCUT2D eigenvalue weighted by Crippen LogP contribution is -2.13. The summed E-state index contributed by atoms with van der Waals surface area (Å²) in [7, 11) is 0. The van der Waals surface area contributed by atoms with Crippen LogP contribution >= 0.6 is 0 Å². The van der Waals surface area contributed by atoms with Crippen molar-refractivity contribution in [3.05, 3.63) is 83.9 Å². The number of carboxylic acids is 1. The molecule has 0 radical (unpaired) electrons. The van der Waals surface area contributed by atoms with Crippen LogP contribution in [0.5, 0.6) is 0 Å². The van der Waals surface area contributed by atoms with Crippen LogP contribution in [-0.2, 0) is 11.2 Å². The van der Waals surface area contributed by atoms with Crippen molar-refractivity contribution < 1.29 is 9.90 Å². The maximum absolute atomic E-state index is 11.5. The van der Waals surface area contributed by atoms with Crippen LogP contribution in [0.15, 0.2) is 72.8 Å². The van der Waals surface area contributed by atoms with Gasteiger partial charge in [0.05, 0.1) is 5.92 Å². The first-order valence-electron chi connectivity index (χ1n) is 15.1. The van der Waals surface area contributed by atoms with Crippen molar-refractivity contribution in [1.29, 1.82) is 0 Å². The van der Waals surface area contributed by atoms with Gasteiger partial charge in [-0.3, -0.25) is 4.79 Å². The van der Waals surface area contributed by atoms with Gasteiger partial charge in [0.1, 0.15) is 0 Å². The molecule has 4 rings (SSSR count). The molecule has 1 aliphatic rings. The largest absolute Gasteiger partial charge is 0.481 e. The van der Waals surface area contributed by atoms with E-state index in [2.05, 4.69) is 86.6 Å². The number of benzene rings is 3. The Morgan fingerprint density at radius 2 is 1.34 bits per heavy atom. The Morgan fingerprint density at radius 1 is 0.763 bits per heavy atom. The molecular formula is C36H46O2. The zero-order valence-corrected chi connectivity index (χ0v) is 23.5. The summed E-state index contributed by atoms with van der Waals surface area (Å²) >= 11 is 0. The van der Waals surface area contributed by atoms with Gasteiger partial charge < -0.3 is 5.11 Å². The summed E-state index contributed by atoms with van der Waals surface area (Å²) in [6.45, 7) is 4.43. The van der Waals surface area contributed by atoms with Crippen LogP contribution in [0.25, 0.3) is 22.3 Å². The summed E-state index contributed by atoms with van der Waals surface area (Å²) in [5, 5.41) is 9.49. The van der Waals surface area contributed by atoms with E-state index in [1.54, 1.807) is 0 Å². The molecule has 3 aromatic rings. The molecule has 0 spiro atoms. The minimum atomic E-state index is -0.641. The first-order chi connectivity index (χ1) is 18.6. The lowest BCUT2D eigenvalue weighted by atomic mass is 9.77. The summed E-state index contributed by atoms with van der Waals surface area (Å²) in [6.07, 6.45) is 13.6. The molecule has 1 aliphatic carbocycles. The lowest BCUT2D eigenvalue weighted by molar-refractivity contribution is -0.142. The minimum absolute atomic E-state index is 0.205. The molecule has 0 aliphatic heterocycles. The van der Waals surface area contributed by atoms with Gasteiger partial charge >= 0.3 is 5.97 Å². The van der Waals surface area contributed by atoms with Gasteiger partial charge in [0.15, 0.2) is 0 Å². The molecule has 0 heterocycles. The van der Waals surface area contributed by atoms with Gasteiger partial charge in [-0.1, -0.05) is 112 Å². The van der Waals surface area contributed by atoms with E-state index in [1.165, 1.54) is 71.9 Å². The molecule has 202 valence electrons. The molecule has 0 amide bonds. The van der Waals surface area contributed by atoms with E-state index in [0.717, 1.165) is 50.4 Å². The fourth-order valence-electron chi connectivity index (χ4n) is 6.36. The standard InChI is InChI=1S/C36H46O2/c1-3-5-11-33(36(37)38)12-8-10-28-17-21-31(22-18-28)34-13-6-7-14-35(34)32-25-23-30(24-26-32)29-19-15-27(9-4-2)16-20-29/h6-7,13-14,17-18,21-27,29,33H,3-5,8-12,15-16,19-20H2,1-2H3,(H,37,38)/t27-,29-,33?. The van der Waals surface area contributed by atoms with E-state index < -0.39 is 5.97 Å². The third-order valence-electron chi connectivity index (χ3n) is 8.70. The molecule has 3 aromatic carbocycles. The average molecular weight is 511 g/mol. The topological polar surface area (TPSA) is 37.3 Å². The van der Waals surface area contributed by atoms with Gasteiger partial charge in [-0.25, -0.2) is 0 Å². The van der Waals surface area contributed by atoms with Gasteiger partial charge in [0, 0.05) is 0 Å². The molecule has 1 unspecified atom stereocenters. The van der Waals surface area contributed by atoms with Gasteiger partial charge in [-0.15, -0.1) is 0 Å². The smallest absolute Gasteiger partial charge is 0.306 e. The molecule has 1 fully saturated rings. The third kappa shape index (κ3) is 7.59. The van der Waals surface area contributed by atoms with Crippen molar-refractivity contribution in [3.8, 4) is 22.3 Å². The van der Waals surface area contributed by atoms with Crippen LogP contribution < -0.4 is 0 Å². The molecule has 2 nitrogen and oxygen atoms in total. The predicted octanol–water partition coefficient (Wildman–Crippen LogP) is 10.3. The summed E-state index contributed by atoms with van der Waals surface area (Å²) in [5.74, 6) is 0.819. The monoisotopic (exact) mass is 510 g/mol. The molecule has 0 aromatic heterocycles. The average Bonchev–Trinajstić information content (AvgIpc) is 2.96. The summed E-state index contributed by atoms with van der Waals surface area (Å²) < 4.78 is 0. The van der Waals surface area contributed by atoms with E-state index in [9.17, 15) is 9.90 Å². The van der Waals surface area contributed by atoms with Crippen molar-refractivity contribution in [2.75, 3.05) is 0 Å². The molecule has 38 heavy (non-hydrogen) atoms.